The number of carbonyl (C=O) groups excluding carboxylic acids is 1. The summed E-state index contributed by atoms with van der Waals surface area (Å²) in [6, 6.07) is 3.74. The van der Waals surface area contributed by atoms with Crippen LogP contribution < -0.4 is 9.47 Å². The molecule has 146 valence electrons. The molecule has 1 aliphatic rings. The average molecular weight is 399 g/mol. The minimum atomic E-state index is -3.04. The van der Waals surface area contributed by atoms with Crippen LogP contribution >= 0.6 is 0 Å². The number of halogens is 2. The van der Waals surface area contributed by atoms with E-state index in [9.17, 15) is 17.8 Å². The highest BCUT2D eigenvalue weighted by atomic mass is 32.2. The number of methoxy groups -OCH3 is 1. The molecule has 2 atom stereocenters. The van der Waals surface area contributed by atoms with Crippen molar-refractivity contribution in [2.75, 3.05) is 25.2 Å². The van der Waals surface area contributed by atoms with E-state index in [1.807, 2.05) is 0 Å². The van der Waals surface area contributed by atoms with Gasteiger partial charge in [-0.05, 0) is 18.2 Å². The molecule has 1 aromatic heterocycles. The summed E-state index contributed by atoms with van der Waals surface area (Å²) in [6.45, 7) is -2.74. The molecule has 1 aromatic carbocycles. The SMILES string of the molecule is COc1ccc(C(=O)N2CCS(=O)CC2c2cnn(C)c2)cc1OC(F)F. The molecule has 0 radical (unpaired) electrons. The Bertz CT molecular complexity index is 858. The third kappa shape index (κ3) is 4.26. The molecule has 0 spiro atoms. The summed E-state index contributed by atoms with van der Waals surface area (Å²) in [5.41, 5.74) is 0.962. The van der Waals surface area contributed by atoms with Gasteiger partial charge in [0.2, 0.25) is 0 Å². The highest BCUT2D eigenvalue weighted by Crippen LogP contribution is 2.32. The molecule has 0 aliphatic carbocycles. The van der Waals surface area contributed by atoms with E-state index in [1.165, 1.54) is 25.3 Å². The van der Waals surface area contributed by atoms with Crippen molar-refractivity contribution in [2.45, 2.75) is 12.7 Å². The van der Waals surface area contributed by atoms with Crippen LogP contribution in [-0.4, -0.2) is 56.6 Å². The molecule has 0 bridgehead atoms. The molecule has 2 unspecified atom stereocenters. The van der Waals surface area contributed by atoms with Crippen LogP contribution in [0.15, 0.2) is 30.6 Å². The van der Waals surface area contributed by atoms with Crippen molar-refractivity contribution in [3.05, 3.63) is 41.7 Å². The number of carbonyl (C=O) groups is 1. The Morgan fingerprint density at radius 2 is 2.15 bits per heavy atom. The third-order valence-corrected chi connectivity index (χ3v) is 5.60. The van der Waals surface area contributed by atoms with Gasteiger partial charge in [0, 0.05) is 53.2 Å². The van der Waals surface area contributed by atoms with E-state index >= 15 is 0 Å². The van der Waals surface area contributed by atoms with Gasteiger partial charge >= 0.3 is 6.61 Å². The number of amides is 1. The average Bonchev–Trinajstić information content (AvgIpc) is 3.07. The van der Waals surface area contributed by atoms with E-state index in [-0.39, 0.29) is 23.0 Å². The predicted molar refractivity (Wildman–Crippen MR) is 94.5 cm³/mol. The van der Waals surface area contributed by atoms with E-state index in [1.54, 1.807) is 29.0 Å². The van der Waals surface area contributed by atoms with Gasteiger partial charge in [-0.1, -0.05) is 0 Å². The van der Waals surface area contributed by atoms with Crippen LogP contribution in [0.3, 0.4) is 0 Å². The van der Waals surface area contributed by atoms with Gasteiger partial charge < -0.3 is 14.4 Å². The maximum atomic E-state index is 13.1. The molecule has 2 aromatic rings. The van der Waals surface area contributed by atoms with Crippen molar-refractivity contribution in [1.29, 1.82) is 0 Å². The van der Waals surface area contributed by atoms with Gasteiger partial charge in [-0.3, -0.25) is 13.7 Å². The maximum Gasteiger partial charge on any atom is 0.387 e. The Kier molecular flexibility index (Phi) is 5.73. The Morgan fingerprint density at radius 1 is 1.37 bits per heavy atom. The van der Waals surface area contributed by atoms with E-state index in [2.05, 4.69) is 9.84 Å². The van der Waals surface area contributed by atoms with Crippen molar-refractivity contribution >= 4 is 16.7 Å². The number of aryl methyl sites for hydroxylation is 1. The predicted octanol–water partition coefficient (Wildman–Crippen LogP) is 1.98. The van der Waals surface area contributed by atoms with E-state index < -0.39 is 23.5 Å². The van der Waals surface area contributed by atoms with Crippen LogP contribution in [0.5, 0.6) is 11.5 Å². The van der Waals surface area contributed by atoms with Crippen molar-refractivity contribution < 1.29 is 27.3 Å². The minimum Gasteiger partial charge on any atom is -0.493 e. The number of alkyl halides is 2. The highest BCUT2D eigenvalue weighted by Gasteiger charge is 2.33. The van der Waals surface area contributed by atoms with Crippen LogP contribution in [0, 0.1) is 0 Å². The molecule has 0 N–H and O–H groups in total. The number of hydrogen-bond acceptors (Lipinski definition) is 5. The fourth-order valence-electron chi connectivity index (χ4n) is 3.00. The molecule has 1 fully saturated rings. The first-order valence-corrected chi connectivity index (χ1v) is 9.65. The third-order valence-electron chi connectivity index (χ3n) is 4.28. The highest BCUT2D eigenvalue weighted by molar-refractivity contribution is 7.85. The zero-order chi connectivity index (χ0) is 19.6. The molecule has 10 heteroatoms. The second-order valence-corrected chi connectivity index (χ2v) is 7.64. The maximum absolute atomic E-state index is 13.1. The number of rotatable bonds is 5. The van der Waals surface area contributed by atoms with Gasteiger partial charge in [0.05, 0.1) is 19.3 Å². The number of ether oxygens (including phenoxy) is 2. The van der Waals surface area contributed by atoms with Gasteiger partial charge in [0.25, 0.3) is 5.91 Å². The zero-order valence-electron chi connectivity index (χ0n) is 14.8. The first kappa shape index (κ1) is 19.3. The van der Waals surface area contributed by atoms with E-state index in [0.29, 0.717) is 18.1 Å². The Labute approximate surface area is 157 Å². The van der Waals surface area contributed by atoms with Crippen LogP contribution in [-0.2, 0) is 17.8 Å². The molecule has 27 heavy (non-hydrogen) atoms. The first-order valence-electron chi connectivity index (χ1n) is 8.16. The topological polar surface area (TPSA) is 73.7 Å². The largest absolute Gasteiger partial charge is 0.493 e. The molecule has 1 amide bonds. The lowest BCUT2D eigenvalue weighted by Crippen LogP contribution is -2.44. The van der Waals surface area contributed by atoms with Gasteiger partial charge in [-0.2, -0.15) is 13.9 Å². The second-order valence-electron chi connectivity index (χ2n) is 6.02. The quantitative estimate of drug-likeness (QED) is 0.769. The van der Waals surface area contributed by atoms with Gasteiger partial charge in [0.1, 0.15) is 0 Å². The monoisotopic (exact) mass is 399 g/mol. The molecular formula is C17H19F2N3O4S. The number of hydrogen-bond donors (Lipinski definition) is 0. The summed E-state index contributed by atoms with van der Waals surface area (Å²) in [5, 5.41) is 4.11. The minimum absolute atomic E-state index is 0.107. The summed E-state index contributed by atoms with van der Waals surface area (Å²) < 4.78 is 48.4. The number of aromatic nitrogens is 2. The van der Waals surface area contributed by atoms with Crippen LogP contribution in [0.1, 0.15) is 22.0 Å². The normalized spacial score (nSPS) is 20.0. The fraction of sp³-hybridized carbons (Fsp3) is 0.412. The second kappa shape index (κ2) is 8.03. The van der Waals surface area contributed by atoms with Crippen LogP contribution in [0.2, 0.25) is 0 Å². The molecule has 1 saturated heterocycles. The van der Waals surface area contributed by atoms with Gasteiger partial charge in [-0.15, -0.1) is 0 Å². The van der Waals surface area contributed by atoms with Gasteiger partial charge in [0.15, 0.2) is 11.5 Å². The van der Waals surface area contributed by atoms with Crippen molar-refractivity contribution in [3.8, 4) is 11.5 Å². The molecule has 0 saturated carbocycles. The Balaban J connectivity index is 1.91. The summed E-state index contributed by atoms with van der Waals surface area (Å²) in [5.74, 6) is 0.196. The molecule has 1 aliphatic heterocycles. The first-order chi connectivity index (χ1) is 12.9. The summed E-state index contributed by atoms with van der Waals surface area (Å²) in [4.78, 5) is 14.6. The smallest absolute Gasteiger partial charge is 0.387 e. The number of nitrogens with zero attached hydrogens (tertiary/aromatic N) is 3. The summed E-state index contributed by atoms with van der Waals surface area (Å²) in [7, 11) is 2.04. The standard InChI is InChI=1S/C17H19F2N3O4S/c1-21-9-12(8-20-21)13-10-27(24)6-5-22(13)16(23)11-3-4-14(25-2)15(7-11)26-17(18)19/h3-4,7-9,13,17H,5-6,10H2,1-2H3. The lowest BCUT2D eigenvalue weighted by molar-refractivity contribution is -0.0512. The van der Waals surface area contributed by atoms with Crippen LogP contribution in [0.4, 0.5) is 8.78 Å². The molecule has 7 nitrogen and oxygen atoms in total. The lowest BCUT2D eigenvalue weighted by Gasteiger charge is -2.35. The Hall–Kier alpha value is -2.49. The van der Waals surface area contributed by atoms with Crippen molar-refractivity contribution in [2.24, 2.45) is 7.05 Å². The fourth-order valence-corrected chi connectivity index (χ4v) is 4.29. The lowest BCUT2D eigenvalue weighted by atomic mass is 10.1. The van der Waals surface area contributed by atoms with Crippen LogP contribution in [0.25, 0.3) is 0 Å². The van der Waals surface area contributed by atoms with Crippen molar-refractivity contribution in [3.63, 3.8) is 0 Å². The van der Waals surface area contributed by atoms with E-state index in [4.69, 9.17) is 4.74 Å². The molecule has 2 heterocycles. The Morgan fingerprint density at radius 3 is 2.78 bits per heavy atom. The summed E-state index contributed by atoms with van der Waals surface area (Å²) >= 11 is 0. The molecule has 3 rings (SSSR count). The van der Waals surface area contributed by atoms with E-state index in [0.717, 1.165) is 5.56 Å². The van der Waals surface area contributed by atoms with Crippen molar-refractivity contribution in [1.82, 2.24) is 14.7 Å². The molecular weight excluding hydrogens is 380 g/mol. The zero-order valence-corrected chi connectivity index (χ0v) is 15.6. The van der Waals surface area contributed by atoms with Gasteiger partial charge in [-0.25, -0.2) is 0 Å². The number of benzene rings is 1. The summed E-state index contributed by atoms with van der Waals surface area (Å²) in [6.07, 6.45) is 3.40.